The summed E-state index contributed by atoms with van der Waals surface area (Å²) in [7, 11) is 0. The second-order valence-corrected chi connectivity index (χ2v) is 7.88. The van der Waals surface area contributed by atoms with Crippen molar-refractivity contribution in [1.29, 1.82) is 0 Å². The van der Waals surface area contributed by atoms with Crippen molar-refractivity contribution in [1.82, 2.24) is 14.3 Å². The fraction of sp³-hybridized carbons (Fsp3) is 0.471. The molecule has 1 spiro atoms. The highest BCUT2D eigenvalue weighted by Gasteiger charge is 2.82. The number of amides is 1. The van der Waals surface area contributed by atoms with Crippen molar-refractivity contribution in [3.63, 3.8) is 0 Å². The van der Waals surface area contributed by atoms with E-state index in [0.717, 1.165) is 17.0 Å². The Bertz CT molecular complexity index is 968. The summed E-state index contributed by atoms with van der Waals surface area (Å²) in [6, 6.07) is 2.06. The predicted molar refractivity (Wildman–Crippen MR) is 89.3 cm³/mol. The van der Waals surface area contributed by atoms with Gasteiger partial charge in [0.15, 0.2) is 5.82 Å². The predicted octanol–water partition coefficient (Wildman–Crippen LogP) is 4.86. The number of rotatable bonds is 2. The van der Waals surface area contributed by atoms with E-state index in [1.165, 1.54) is 0 Å². The maximum absolute atomic E-state index is 14.6. The second kappa shape index (κ2) is 6.31. The first-order valence-corrected chi connectivity index (χ1v) is 9.31. The summed E-state index contributed by atoms with van der Waals surface area (Å²) in [5, 5.41) is 8.75. The van der Waals surface area contributed by atoms with E-state index in [0.29, 0.717) is 17.6 Å². The first-order valence-electron chi connectivity index (χ1n) is 8.54. The second-order valence-electron chi connectivity index (χ2n) is 7.13. The average Bonchev–Trinajstić information content (AvgIpc) is 2.96. The highest BCUT2D eigenvalue weighted by Crippen LogP contribution is 2.75. The number of nitrogens with zero attached hydrogens (tertiary/aromatic N) is 3. The van der Waals surface area contributed by atoms with Gasteiger partial charge in [0.2, 0.25) is 0 Å². The van der Waals surface area contributed by atoms with Crippen molar-refractivity contribution in [2.75, 3.05) is 13.1 Å². The number of hydrogen-bond acceptors (Lipinski definition) is 4. The van der Waals surface area contributed by atoms with Crippen LogP contribution in [0, 0.1) is 11.2 Å². The Morgan fingerprint density at radius 3 is 2.48 bits per heavy atom. The van der Waals surface area contributed by atoms with Gasteiger partial charge in [-0.25, -0.2) is 22.9 Å². The lowest BCUT2D eigenvalue weighted by atomic mass is 9.90. The molecule has 1 N–H and O–H groups in total. The molecule has 12 heteroatoms. The first-order chi connectivity index (χ1) is 13.5. The van der Waals surface area contributed by atoms with Crippen molar-refractivity contribution in [3.05, 3.63) is 35.4 Å². The van der Waals surface area contributed by atoms with Gasteiger partial charge in [-0.2, -0.15) is 17.5 Å². The zero-order valence-electron chi connectivity index (χ0n) is 14.5. The van der Waals surface area contributed by atoms with Crippen LogP contribution in [-0.2, 0) is 6.18 Å². The van der Waals surface area contributed by atoms with E-state index in [-0.39, 0.29) is 36.8 Å². The fourth-order valence-corrected chi connectivity index (χ4v) is 4.77. The average molecular weight is 437 g/mol. The zero-order chi connectivity index (χ0) is 21.2. The molecule has 1 saturated heterocycles. The van der Waals surface area contributed by atoms with Gasteiger partial charge < -0.3 is 10.0 Å². The number of likely N-dealkylation sites (tertiary alicyclic amines) is 1. The minimum atomic E-state index is -4.85. The molecule has 1 saturated carbocycles. The van der Waals surface area contributed by atoms with E-state index in [4.69, 9.17) is 5.11 Å². The summed E-state index contributed by atoms with van der Waals surface area (Å²) in [4.78, 5) is 16.0. The van der Waals surface area contributed by atoms with Crippen LogP contribution < -0.4 is 0 Å². The van der Waals surface area contributed by atoms with E-state index in [1.54, 1.807) is 0 Å². The van der Waals surface area contributed by atoms with Crippen LogP contribution in [0.3, 0.4) is 0 Å². The molecule has 0 radical (unpaired) electrons. The van der Waals surface area contributed by atoms with Crippen LogP contribution in [0.5, 0.6) is 0 Å². The zero-order valence-corrected chi connectivity index (χ0v) is 15.3. The molecule has 1 aliphatic carbocycles. The van der Waals surface area contributed by atoms with Crippen LogP contribution in [0.2, 0.25) is 0 Å². The smallest absolute Gasteiger partial charge is 0.417 e. The van der Waals surface area contributed by atoms with E-state index in [9.17, 15) is 31.1 Å². The third-order valence-corrected chi connectivity index (χ3v) is 6.40. The largest absolute Gasteiger partial charge is 0.465 e. The third-order valence-electron chi connectivity index (χ3n) is 5.64. The number of piperidine rings is 1. The van der Waals surface area contributed by atoms with Gasteiger partial charge in [-0.05, 0) is 42.6 Å². The molecule has 156 valence electrons. The number of carbonyl (C=O) groups is 1. The van der Waals surface area contributed by atoms with Crippen LogP contribution in [0.4, 0.5) is 31.1 Å². The quantitative estimate of drug-likeness (QED) is 0.682. The van der Waals surface area contributed by atoms with E-state index < -0.39 is 46.5 Å². The Labute approximate surface area is 164 Å². The maximum Gasteiger partial charge on any atom is 0.417 e. The molecule has 1 atom stereocenters. The van der Waals surface area contributed by atoms with Gasteiger partial charge in [-0.3, -0.25) is 0 Å². The molecule has 2 aliphatic rings. The summed E-state index contributed by atoms with van der Waals surface area (Å²) in [5.74, 6) is -5.91. The molecule has 2 aromatic rings. The molecule has 0 bridgehead atoms. The summed E-state index contributed by atoms with van der Waals surface area (Å²) in [6.45, 7) is -0.122. The van der Waals surface area contributed by atoms with Crippen LogP contribution in [0.1, 0.15) is 30.1 Å². The Balaban J connectivity index is 1.64. The topological polar surface area (TPSA) is 66.3 Å². The van der Waals surface area contributed by atoms with Crippen LogP contribution in [-0.4, -0.2) is 44.5 Å². The molecule has 1 aromatic heterocycles. The van der Waals surface area contributed by atoms with Gasteiger partial charge in [-0.1, -0.05) is 0 Å². The Morgan fingerprint density at radius 2 is 1.90 bits per heavy atom. The number of halogens is 6. The standard InChI is InChI=1S/C17H13F6N3O2S/c18-8-1-2-9(10(7-8)17(21,22)23)13-24-12(25-29-13)11-15(16(11,19)20)3-5-26(6-4-15)14(27)28/h1-2,7,11H,3-6H2,(H,27,28). The minimum Gasteiger partial charge on any atom is -0.465 e. The number of alkyl halides is 5. The SMILES string of the molecule is O=C(O)N1CCC2(CC1)C(c1nsc(-c3ccc(F)cc3C(F)(F)F)n1)C2(F)F. The Hall–Kier alpha value is -2.37. The van der Waals surface area contributed by atoms with E-state index in [1.807, 2.05) is 0 Å². The molecule has 29 heavy (non-hydrogen) atoms. The monoisotopic (exact) mass is 437 g/mol. The van der Waals surface area contributed by atoms with Crippen molar-refractivity contribution in [2.45, 2.75) is 30.9 Å². The molecule has 1 aromatic carbocycles. The van der Waals surface area contributed by atoms with E-state index >= 15 is 0 Å². The summed E-state index contributed by atoms with van der Waals surface area (Å²) in [6.07, 6.45) is -6.21. The van der Waals surface area contributed by atoms with Crippen molar-refractivity contribution in [3.8, 4) is 10.6 Å². The lowest BCUT2D eigenvalue weighted by Crippen LogP contribution is -2.39. The van der Waals surface area contributed by atoms with Crippen LogP contribution >= 0.6 is 11.5 Å². The number of aromatic nitrogens is 2. The molecule has 1 amide bonds. The lowest BCUT2D eigenvalue weighted by Gasteiger charge is -2.30. The molecular formula is C17H13F6N3O2S. The van der Waals surface area contributed by atoms with Gasteiger partial charge in [0.05, 0.1) is 16.9 Å². The fourth-order valence-electron chi connectivity index (χ4n) is 4.04. The van der Waals surface area contributed by atoms with Gasteiger partial charge in [0, 0.05) is 18.7 Å². The Kier molecular flexibility index (Phi) is 4.34. The van der Waals surface area contributed by atoms with Crippen molar-refractivity contribution >= 4 is 17.6 Å². The number of hydrogen-bond donors (Lipinski definition) is 1. The van der Waals surface area contributed by atoms with Crippen molar-refractivity contribution in [2.24, 2.45) is 5.41 Å². The summed E-state index contributed by atoms with van der Waals surface area (Å²) in [5.41, 5.74) is -3.18. The maximum atomic E-state index is 14.6. The van der Waals surface area contributed by atoms with Crippen LogP contribution in [0.25, 0.3) is 10.6 Å². The van der Waals surface area contributed by atoms with Crippen molar-refractivity contribution < 1.29 is 36.2 Å². The molecular weight excluding hydrogens is 424 g/mol. The van der Waals surface area contributed by atoms with Gasteiger partial charge in [-0.15, -0.1) is 0 Å². The molecule has 1 aliphatic heterocycles. The molecule has 2 heterocycles. The molecule has 2 fully saturated rings. The normalized spacial score (nSPS) is 22.7. The summed E-state index contributed by atoms with van der Waals surface area (Å²) < 4.78 is 86.0. The van der Waals surface area contributed by atoms with Gasteiger partial charge >= 0.3 is 12.3 Å². The highest BCUT2D eigenvalue weighted by molar-refractivity contribution is 7.09. The highest BCUT2D eigenvalue weighted by atomic mass is 32.1. The Morgan fingerprint density at radius 1 is 1.24 bits per heavy atom. The molecule has 5 nitrogen and oxygen atoms in total. The third kappa shape index (κ3) is 3.04. The van der Waals surface area contributed by atoms with Gasteiger partial charge in [0.25, 0.3) is 5.92 Å². The number of carboxylic acid groups (broad SMARTS) is 1. The lowest BCUT2D eigenvalue weighted by molar-refractivity contribution is -0.137. The number of benzene rings is 1. The minimum absolute atomic E-state index is 0.0609. The van der Waals surface area contributed by atoms with Gasteiger partial charge in [0.1, 0.15) is 10.8 Å². The van der Waals surface area contributed by atoms with E-state index in [2.05, 4.69) is 9.36 Å². The van der Waals surface area contributed by atoms with Crippen LogP contribution in [0.15, 0.2) is 18.2 Å². The molecule has 1 unspecified atom stereocenters. The summed E-state index contributed by atoms with van der Waals surface area (Å²) >= 11 is 0.539. The first kappa shape index (κ1) is 19.9. The molecule has 4 rings (SSSR count).